The Morgan fingerprint density at radius 3 is 2.77 bits per heavy atom. The molecule has 0 saturated heterocycles. The van der Waals surface area contributed by atoms with Crippen LogP contribution in [0.2, 0.25) is 0 Å². The number of anilines is 1. The Labute approximate surface area is 173 Å². The van der Waals surface area contributed by atoms with Crippen LogP contribution in [0.4, 0.5) is 11.4 Å². The summed E-state index contributed by atoms with van der Waals surface area (Å²) in [4.78, 5) is 39.1. The second-order valence-corrected chi connectivity index (χ2v) is 6.90. The Balaban J connectivity index is 1.38. The minimum Gasteiger partial charge on any atom is -0.351 e. The lowest BCUT2D eigenvalue weighted by Crippen LogP contribution is -2.26. The van der Waals surface area contributed by atoms with Gasteiger partial charge in [-0.05, 0) is 38.0 Å². The Kier molecular flexibility index (Phi) is 6.74. The number of rotatable bonds is 9. The first-order valence-electron chi connectivity index (χ1n) is 9.72. The van der Waals surface area contributed by atoms with Gasteiger partial charge in [0, 0.05) is 37.0 Å². The zero-order valence-corrected chi connectivity index (χ0v) is 16.6. The first kappa shape index (κ1) is 21.0. The summed E-state index contributed by atoms with van der Waals surface area (Å²) in [5.74, 6) is -0.365. The summed E-state index contributed by atoms with van der Waals surface area (Å²) in [6.45, 7) is 2.31. The lowest BCUT2D eigenvalue weighted by molar-refractivity contribution is -0.384. The van der Waals surface area contributed by atoms with Crippen molar-refractivity contribution in [2.45, 2.75) is 32.6 Å². The fourth-order valence-corrected chi connectivity index (χ4v) is 3.18. The minimum atomic E-state index is -0.502. The van der Waals surface area contributed by atoms with Gasteiger partial charge in [0.1, 0.15) is 11.3 Å². The molecule has 2 amide bonds. The Bertz CT molecular complexity index is 1080. The van der Waals surface area contributed by atoms with Crippen LogP contribution >= 0.6 is 0 Å². The quantitative estimate of drug-likeness (QED) is 0.319. The van der Waals surface area contributed by atoms with E-state index in [1.807, 2.05) is 31.3 Å². The van der Waals surface area contributed by atoms with Crippen molar-refractivity contribution in [3.8, 4) is 0 Å². The van der Waals surface area contributed by atoms with Crippen LogP contribution in [-0.2, 0) is 4.79 Å². The van der Waals surface area contributed by atoms with E-state index in [0.717, 1.165) is 18.5 Å². The average molecular weight is 409 g/mol. The van der Waals surface area contributed by atoms with E-state index in [-0.39, 0.29) is 17.5 Å². The zero-order valence-electron chi connectivity index (χ0n) is 16.6. The molecule has 1 aromatic carbocycles. The van der Waals surface area contributed by atoms with E-state index >= 15 is 0 Å². The molecule has 0 bridgehead atoms. The number of nitro benzene ring substituents is 1. The second-order valence-electron chi connectivity index (χ2n) is 6.90. The van der Waals surface area contributed by atoms with E-state index in [0.29, 0.717) is 36.5 Å². The summed E-state index contributed by atoms with van der Waals surface area (Å²) in [5, 5.41) is 16.3. The maximum atomic E-state index is 12.5. The van der Waals surface area contributed by atoms with Crippen LogP contribution in [-0.4, -0.2) is 32.7 Å². The molecule has 3 rings (SSSR count). The molecule has 0 fully saturated rings. The number of hydrogen-bond donors (Lipinski definition) is 2. The fourth-order valence-electron chi connectivity index (χ4n) is 3.18. The van der Waals surface area contributed by atoms with Crippen molar-refractivity contribution >= 4 is 28.8 Å². The second kappa shape index (κ2) is 9.64. The van der Waals surface area contributed by atoms with Gasteiger partial charge in [0.2, 0.25) is 5.91 Å². The molecule has 2 aromatic heterocycles. The summed E-state index contributed by atoms with van der Waals surface area (Å²) in [5.41, 5.74) is 2.28. The Morgan fingerprint density at radius 2 is 1.97 bits per heavy atom. The Hall–Kier alpha value is -3.75. The fraction of sp³-hybridized carbons (Fsp3) is 0.286. The SMILES string of the molecule is Cc1nc2ccccn2c1C(=O)NCCCCCC(=O)Nc1cccc([N+](=O)[O-])c1. The number of aryl methyl sites for hydroxylation is 1. The highest BCUT2D eigenvalue weighted by Gasteiger charge is 2.15. The molecule has 2 N–H and O–H groups in total. The van der Waals surface area contributed by atoms with Crippen LogP contribution in [0.15, 0.2) is 48.7 Å². The summed E-state index contributed by atoms with van der Waals surface area (Å²) in [6, 6.07) is 11.4. The number of amides is 2. The predicted octanol–water partition coefficient (Wildman–Crippen LogP) is 3.48. The monoisotopic (exact) mass is 409 g/mol. The smallest absolute Gasteiger partial charge is 0.271 e. The van der Waals surface area contributed by atoms with E-state index < -0.39 is 4.92 Å². The molecular formula is C21H23N5O4. The lowest BCUT2D eigenvalue weighted by Gasteiger charge is -2.07. The molecule has 0 saturated carbocycles. The summed E-state index contributed by atoms with van der Waals surface area (Å²) >= 11 is 0. The van der Waals surface area contributed by atoms with Gasteiger partial charge in [-0.2, -0.15) is 0 Å². The molecule has 2 heterocycles. The van der Waals surface area contributed by atoms with Gasteiger partial charge >= 0.3 is 0 Å². The van der Waals surface area contributed by atoms with Crippen LogP contribution in [0.25, 0.3) is 5.65 Å². The number of benzene rings is 1. The van der Waals surface area contributed by atoms with Crippen molar-refractivity contribution < 1.29 is 14.5 Å². The van der Waals surface area contributed by atoms with Gasteiger partial charge in [-0.25, -0.2) is 4.98 Å². The number of aromatic nitrogens is 2. The number of carbonyl (C=O) groups is 2. The van der Waals surface area contributed by atoms with Crippen LogP contribution in [0.1, 0.15) is 41.9 Å². The third kappa shape index (κ3) is 5.19. The van der Waals surface area contributed by atoms with E-state index in [1.165, 1.54) is 18.2 Å². The van der Waals surface area contributed by atoms with Crippen LogP contribution in [0.3, 0.4) is 0 Å². The number of nitro groups is 1. The van der Waals surface area contributed by atoms with E-state index in [9.17, 15) is 19.7 Å². The molecule has 0 aliphatic rings. The highest BCUT2D eigenvalue weighted by molar-refractivity contribution is 5.94. The van der Waals surface area contributed by atoms with E-state index in [2.05, 4.69) is 15.6 Å². The first-order valence-corrected chi connectivity index (χ1v) is 9.72. The number of nitrogens with one attached hydrogen (secondary N) is 2. The molecule has 0 atom stereocenters. The number of hydrogen-bond acceptors (Lipinski definition) is 5. The van der Waals surface area contributed by atoms with Gasteiger partial charge in [-0.3, -0.25) is 24.1 Å². The molecular weight excluding hydrogens is 386 g/mol. The maximum Gasteiger partial charge on any atom is 0.271 e. The molecule has 9 nitrogen and oxygen atoms in total. The molecule has 0 spiro atoms. The van der Waals surface area contributed by atoms with Crippen LogP contribution in [0.5, 0.6) is 0 Å². The zero-order chi connectivity index (χ0) is 21.5. The predicted molar refractivity (Wildman–Crippen MR) is 112 cm³/mol. The molecule has 156 valence electrons. The number of carbonyl (C=O) groups excluding carboxylic acids is 2. The number of imidazole rings is 1. The Morgan fingerprint density at radius 1 is 1.13 bits per heavy atom. The molecule has 9 heteroatoms. The van der Waals surface area contributed by atoms with E-state index in [1.54, 1.807) is 10.5 Å². The van der Waals surface area contributed by atoms with Crippen molar-refractivity contribution in [1.29, 1.82) is 0 Å². The number of pyridine rings is 1. The highest BCUT2D eigenvalue weighted by Crippen LogP contribution is 2.17. The summed E-state index contributed by atoms with van der Waals surface area (Å²) in [7, 11) is 0. The van der Waals surface area contributed by atoms with E-state index in [4.69, 9.17) is 0 Å². The van der Waals surface area contributed by atoms with Crippen molar-refractivity contribution in [3.63, 3.8) is 0 Å². The lowest BCUT2D eigenvalue weighted by atomic mass is 10.2. The molecule has 30 heavy (non-hydrogen) atoms. The molecule has 0 aliphatic heterocycles. The molecule has 0 aliphatic carbocycles. The third-order valence-electron chi connectivity index (χ3n) is 4.63. The van der Waals surface area contributed by atoms with Gasteiger partial charge in [-0.15, -0.1) is 0 Å². The number of unbranched alkanes of at least 4 members (excludes halogenated alkanes) is 2. The average Bonchev–Trinajstić information content (AvgIpc) is 3.06. The van der Waals surface area contributed by atoms with Crippen molar-refractivity contribution in [3.05, 3.63) is 70.2 Å². The third-order valence-corrected chi connectivity index (χ3v) is 4.63. The number of non-ortho nitro benzene ring substituents is 1. The van der Waals surface area contributed by atoms with Crippen molar-refractivity contribution in [2.75, 3.05) is 11.9 Å². The first-order chi connectivity index (χ1) is 14.5. The highest BCUT2D eigenvalue weighted by atomic mass is 16.6. The van der Waals surface area contributed by atoms with Crippen molar-refractivity contribution in [1.82, 2.24) is 14.7 Å². The standard InChI is InChI=1S/C21H23N5O4/c1-15-20(25-13-6-4-10-18(25)23-15)21(28)22-12-5-2-3-11-19(27)24-16-8-7-9-17(14-16)26(29)30/h4,6-10,13-14H,2-3,5,11-12H2,1H3,(H,22,28)(H,24,27). The van der Waals surface area contributed by atoms with Crippen LogP contribution in [0, 0.1) is 17.0 Å². The molecule has 0 radical (unpaired) electrons. The van der Waals surface area contributed by atoms with Crippen LogP contribution < -0.4 is 10.6 Å². The summed E-state index contributed by atoms with van der Waals surface area (Å²) in [6.07, 6.45) is 4.29. The van der Waals surface area contributed by atoms with Gasteiger partial charge in [0.05, 0.1) is 10.6 Å². The number of fused-ring (bicyclic) bond motifs is 1. The van der Waals surface area contributed by atoms with Gasteiger partial charge in [0.25, 0.3) is 11.6 Å². The molecule has 0 unspecified atom stereocenters. The van der Waals surface area contributed by atoms with Gasteiger partial charge in [-0.1, -0.05) is 18.6 Å². The minimum absolute atomic E-state index is 0.0651. The topological polar surface area (TPSA) is 119 Å². The summed E-state index contributed by atoms with van der Waals surface area (Å²) < 4.78 is 1.77. The van der Waals surface area contributed by atoms with Gasteiger partial charge in [0.15, 0.2) is 0 Å². The molecule has 3 aromatic rings. The largest absolute Gasteiger partial charge is 0.351 e. The van der Waals surface area contributed by atoms with Crippen molar-refractivity contribution in [2.24, 2.45) is 0 Å². The van der Waals surface area contributed by atoms with Gasteiger partial charge < -0.3 is 10.6 Å². The normalized spacial score (nSPS) is 10.7. The maximum absolute atomic E-state index is 12.5. The number of nitrogens with zero attached hydrogens (tertiary/aromatic N) is 3.